The zero-order valence-corrected chi connectivity index (χ0v) is 12.4. The van der Waals surface area contributed by atoms with E-state index in [2.05, 4.69) is 16.4 Å². The van der Waals surface area contributed by atoms with E-state index in [0.717, 1.165) is 13.0 Å². The van der Waals surface area contributed by atoms with Crippen LogP contribution in [0, 0.1) is 5.92 Å². The highest BCUT2D eigenvalue weighted by molar-refractivity contribution is 7.10. The molecule has 4 rings (SSSR count). The van der Waals surface area contributed by atoms with E-state index in [1.54, 1.807) is 17.4 Å². The van der Waals surface area contributed by atoms with Crippen molar-refractivity contribution < 1.29 is 4.79 Å². The zero-order valence-electron chi connectivity index (χ0n) is 11.5. The maximum Gasteiger partial charge on any atom is 0.255 e. The van der Waals surface area contributed by atoms with E-state index in [1.165, 1.54) is 35.5 Å². The number of aromatic nitrogens is 1. The van der Waals surface area contributed by atoms with Gasteiger partial charge in [0.1, 0.15) is 0 Å². The number of fused-ring (bicyclic) bond motifs is 1. The minimum absolute atomic E-state index is 0.0278. The molecule has 1 aliphatic carbocycles. The Morgan fingerprint density at radius 1 is 1.29 bits per heavy atom. The minimum atomic E-state index is -0.177. The fourth-order valence-corrected chi connectivity index (χ4v) is 4.12. The molecule has 1 unspecified atom stereocenters. The Kier molecular flexibility index (Phi) is 2.96. The van der Waals surface area contributed by atoms with Crippen LogP contribution in [0.25, 0.3) is 0 Å². The van der Waals surface area contributed by atoms with Crippen LogP contribution in [0.4, 0.5) is 0 Å². The van der Waals surface area contributed by atoms with Gasteiger partial charge in [0.25, 0.3) is 5.91 Å². The van der Waals surface area contributed by atoms with Crippen LogP contribution in [0.3, 0.4) is 0 Å². The Labute approximate surface area is 126 Å². The van der Waals surface area contributed by atoms with Crippen molar-refractivity contribution in [2.24, 2.45) is 5.92 Å². The summed E-state index contributed by atoms with van der Waals surface area (Å²) in [7, 11) is 0. The highest BCUT2D eigenvalue weighted by atomic mass is 32.1. The number of hydrogen-bond acceptors (Lipinski definition) is 3. The number of thiophene rings is 1. The summed E-state index contributed by atoms with van der Waals surface area (Å²) in [6, 6.07) is 5.43. The second kappa shape index (κ2) is 4.84. The first-order chi connectivity index (χ1) is 10.2. The highest BCUT2D eigenvalue weighted by Crippen LogP contribution is 2.48. The molecule has 2 aliphatic rings. The molecule has 108 valence electrons. The van der Waals surface area contributed by atoms with Crippen LogP contribution in [0.1, 0.15) is 39.7 Å². The van der Waals surface area contributed by atoms with Gasteiger partial charge in [-0.15, -0.1) is 11.3 Å². The molecule has 1 atom stereocenters. The molecule has 0 aromatic carbocycles. The average molecular weight is 300 g/mol. The lowest BCUT2D eigenvalue weighted by atomic mass is 9.95. The van der Waals surface area contributed by atoms with Crippen molar-refractivity contribution in [2.75, 3.05) is 6.54 Å². The fourth-order valence-electron chi connectivity index (χ4n) is 3.20. The summed E-state index contributed by atoms with van der Waals surface area (Å²) < 4.78 is 0. The Morgan fingerprint density at radius 3 is 2.86 bits per heavy atom. The lowest BCUT2D eigenvalue weighted by Gasteiger charge is -2.36. The maximum atomic E-state index is 12.8. The number of nitrogens with one attached hydrogen (secondary N) is 1. The van der Waals surface area contributed by atoms with Crippen LogP contribution in [-0.4, -0.2) is 22.3 Å². The third-order valence-corrected chi connectivity index (χ3v) is 5.37. The van der Waals surface area contributed by atoms with Crippen molar-refractivity contribution in [3.8, 4) is 0 Å². The van der Waals surface area contributed by atoms with E-state index in [4.69, 9.17) is 0 Å². The maximum absolute atomic E-state index is 12.8. The lowest BCUT2D eigenvalue weighted by molar-refractivity contribution is 0.0636. The molecule has 0 saturated heterocycles. The lowest BCUT2D eigenvalue weighted by Crippen LogP contribution is -2.40. The molecule has 2 aromatic heterocycles. The van der Waals surface area contributed by atoms with Crippen LogP contribution in [0.5, 0.6) is 0 Å². The second-order valence-electron chi connectivity index (χ2n) is 5.77. The van der Waals surface area contributed by atoms with Gasteiger partial charge in [-0.25, -0.2) is 0 Å². The quantitative estimate of drug-likeness (QED) is 0.927. The van der Waals surface area contributed by atoms with Crippen molar-refractivity contribution >= 4 is 17.2 Å². The molecule has 1 saturated carbocycles. The Hall–Kier alpha value is -1.88. The average Bonchev–Trinajstić information content (AvgIpc) is 3.22. The molecule has 2 aromatic rings. The zero-order chi connectivity index (χ0) is 14.4. The summed E-state index contributed by atoms with van der Waals surface area (Å²) in [4.78, 5) is 30.0. The second-order valence-corrected chi connectivity index (χ2v) is 6.77. The van der Waals surface area contributed by atoms with E-state index >= 15 is 0 Å². The number of aromatic amines is 1. The Bertz CT molecular complexity index is 724. The number of nitrogens with zero attached hydrogens (tertiary/aromatic N) is 1. The van der Waals surface area contributed by atoms with Crippen molar-refractivity contribution in [2.45, 2.75) is 25.3 Å². The predicted octanol–water partition coefficient (Wildman–Crippen LogP) is 2.59. The first-order valence-electron chi connectivity index (χ1n) is 7.30. The monoisotopic (exact) mass is 300 g/mol. The normalized spacial score (nSPS) is 21.1. The molecule has 3 heterocycles. The van der Waals surface area contributed by atoms with Gasteiger partial charge in [0, 0.05) is 23.7 Å². The van der Waals surface area contributed by atoms with Crippen LogP contribution in [0.2, 0.25) is 0 Å². The minimum Gasteiger partial charge on any atom is -0.331 e. The van der Waals surface area contributed by atoms with Gasteiger partial charge < -0.3 is 9.88 Å². The highest BCUT2D eigenvalue weighted by Gasteiger charge is 2.41. The van der Waals surface area contributed by atoms with Gasteiger partial charge in [0.2, 0.25) is 5.56 Å². The molecule has 5 heteroatoms. The van der Waals surface area contributed by atoms with Crippen molar-refractivity contribution in [1.82, 2.24) is 9.88 Å². The molecule has 1 aliphatic heterocycles. The molecule has 4 nitrogen and oxygen atoms in total. The molecular weight excluding hydrogens is 284 g/mol. The SMILES string of the molecule is O=C(c1ccc(=O)[nH]c1)N1CCc2sccc2C1C1CC1. The number of rotatable bonds is 2. The molecule has 0 bridgehead atoms. The van der Waals surface area contributed by atoms with Crippen molar-refractivity contribution in [3.05, 3.63) is 56.1 Å². The van der Waals surface area contributed by atoms with Gasteiger partial charge in [-0.2, -0.15) is 0 Å². The summed E-state index contributed by atoms with van der Waals surface area (Å²) in [5.41, 5.74) is 1.73. The first kappa shape index (κ1) is 12.8. The van der Waals surface area contributed by atoms with Crippen LogP contribution in [0.15, 0.2) is 34.6 Å². The number of H-pyrrole nitrogens is 1. The number of hydrogen-bond donors (Lipinski definition) is 1. The number of amides is 1. The van der Waals surface area contributed by atoms with Crippen molar-refractivity contribution in [1.29, 1.82) is 0 Å². The topological polar surface area (TPSA) is 53.2 Å². The number of carbonyl (C=O) groups excluding carboxylic acids is 1. The van der Waals surface area contributed by atoms with Crippen LogP contribution < -0.4 is 5.56 Å². The first-order valence-corrected chi connectivity index (χ1v) is 8.18. The van der Waals surface area contributed by atoms with Gasteiger partial charge in [0.05, 0.1) is 11.6 Å². The van der Waals surface area contributed by atoms with Crippen molar-refractivity contribution in [3.63, 3.8) is 0 Å². The summed E-state index contributed by atoms with van der Waals surface area (Å²) in [6.07, 6.45) is 4.87. The standard InChI is InChI=1S/C16H16N2O2S/c19-14-4-3-11(9-17-14)16(20)18-7-5-13-12(6-8-21-13)15(18)10-1-2-10/h3-4,6,8-10,15H,1-2,5,7H2,(H,17,19). The van der Waals surface area contributed by atoms with E-state index in [0.29, 0.717) is 11.5 Å². The summed E-state index contributed by atoms with van der Waals surface area (Å²) in [5, 5.41) is 2.13. The van der Waals surface area contributed by atoms with E-state index in [1.807, 2.05) is 4.90 Å². The van der Waals surface area contributed by atoms with Crippen LogP contribution in [-0.2, 0) is 6.42 Å². The summed E-state index contributed by atoms with van der Waals surface area (Å²) in [6.45, 7) is 0.770. The molecule has 0 radical (unpaired) electrons. The Balaban J connectivity index is 1.69. The van der Waals surface area contributed by atoms with Gasteiger partial charge in [0.15, 0.2) is 0 Å². The Morgan fingerprint density at radius 2 is 2.14 bits per heavy atom. The van der Waals surface area contributed by atoms with E-state index in [-0.39, 0.29) is 17.5 Å². The molecule has 1 N–H and O–H groups in total. The number of carbonyl (C=O) groups is 1. The predicted molar refractivity (Wildman–Crippen MR) is 81.6 cm³/mol. The fraction of sp³-hybridized carbons (Fsp3) is 0.375. The largest absolute Gasteiger partial charge is 0.331 e. The summed E-state index contributed by atoms with van der Waals surface area (Å²) >= 11 is 1.80. The molecule has 0 spiro atoms. The van der Waals surface area contributed by atoms with Gasteiger partial charge in [-0.3, -0.25) is 9.59 Å². The van der Waals surface area contributed by atoms with Crippen LogP contribution >= 0.6 is 11.3 Å². The molecular formula is C16H16N2O2S. The molecule has 21 heavy (non-hydrogen) atoms. The smallest absolute Gasteiger partial charge is 0.255 e. The third-order valence-electron chi connectivity index (χ3n) is 4.37. The van der Waals surface area contributed by atoms with Gasteiger partial charge >= 0.3 is 0 Å². The third kappa shape index (κ3) is 2.21. The van der Waals surface area contributed by atoms with Gasteiger partial charge in [-0.05, 0) is 48.3 Å². The van der Waals surface area contributed by atoms with E-state index in [9.17, 15) is 9.59 Å². The molecule has 1 amide bonds. The summed E-state index contributed by atoms with van der Waals surface area (Å²) in [5.74, 6) is 0.630. The van der Waals surface area contributed by atoms with E-state index < -0.39 is 0 Å². The number of pyridine rings is 1. The molecule has 1 fully saturated rings. The van der Waals surface area contributed by atoms with Gasteiger partial charge in [-0.1, -0.05) is 0 Å².